The molecule has 0 aromatic heterocycles. The van der Waals surface area contributed by atoms with Gasteiger partial charge in [0.05, 0.1) is 7.11 Å². The Balaban J connectivity index is 2.04. The molecule has 0 spiro atoms. The molecule has 21 heavy (non-hydrogen) atoms. The number of amides is 2. The Labute approximate surface area is 122 Å². The van der Waals surface area contributed by atoms with Crippen LogP contribution in [0.3, 0.4) is 0 Å². The quantitative estimate of drug-likeness (QED) is 0.844. The number of nitrogens with one attached hydrogen (secondary N) is 2. The molecular formula is C16H16N2O3. The number of hydrogen-bond donors (Lipinski definition) is 2. The maximum Gasteiger partial charge on any atom is 0.323 e. The van der Waals surface area contributed by atoms with Gasteiger partial charge in [-0.1, -0.05) is 18.2 Å². The minimum Gasteiger partial charge on any atom is -0.497 e. The summed E-state index contributed by atoms with van der Waals surface area (Å²) in [6.45, 7) is 1.48. The van der Waals surface area contributed by atoms with Crippen LogP contribution >= 0.6 is 0 Å². The Kier molecular flexibility index (Phi) is 4.56. The van der Waals surface area contributed by atoms with E-state index >= 15 is 0 Å². The minimum atomic E-state index is -0.385. The first-order valence-corrected chi connectivity index (χ1v) is 6.41. The fraction of sp³-hybridized carbons (Fsp3) is 0.125. The van der Waals surface area contributed by atoms with E-state index in [0.29, 0.717) is 22.7 Å². The highest BCUT2D eigenvalue weighted by Gasteiger charge is 2.05. The largest absolute Gasteiger partial charge is 0.497 e. The van der Waals surface area contributed by atoms with Gasteiger partial charge in [0, 0.05) is 23.0 Å². The second-order valence-corrected chi connectivity index (χ2v) is 4.45. The summed E-state index contributed by atoms with van der Waals surface area (Å²) in [5, 5.41) is 5.38. The van der Waals surface area contributed by atoms with E-state index in [2.05, 4.69) is 10.6 Å². The highest BCUT2D eigenvalue weighted by atomic mass is 16.5. The zero-order chi connectivity index (χ0) is 15.2. The number of ether oxygens (including phenoxy) is 1. The van der Waals surface area contributed by atoms with Gasteiger partial charge in [0.1, 0.15) is 5.75 Å². The molecule has 0 aliphatic rings. The average Bonchev–Trinajstić information content (AvgIpc) is 2.47. The maximum absolute atomic E-state index is 11.9. The van der Waals surface area contributed by atoms with Crippen LogP contribution in [0, 0.1) is 0 Å². The number of benzene rings is 2. The van der Waals surface area contributed by atoms with Gasteiger partial charge in [-0.3, -0.25) is 4.79 Å². The summed E-state index contributed by atoms with van der Waals surface area (Å²) in [5.74, 6) is 0.609. The first-order chi connectivity index (χ1) is 10.1. The zero-order valence-electron chi connectivity index (χ0n) is 11.8. The molecule has 0 aliphatic carbocycles. The van der Waals surface area contributed by atoms with Crippen LogP contribution in [0.4, 0.5) is 16.2 Å². The van der Waals surface area contributed by atoms with Gasteiger partial charge in [-0.15, -0.1) is 0 Å². The van der Waals surface area contributed by atoms with Crippen LogP contribution in [-0.4, -0.2) is 18.9 Å². The molecule has 0 bridgehead atoms. The number of anilines is 2. The molecule has 0 atom stereocenters. The number of ketones is 1. The normalized spacial score (nSPS) is 9.81. The lowest BCUT2D eigenvalue weighted by Gasteiger charge is -2.09. The Morgan fingerprint density at radius 2 is 1.57 bits per heavy atom. The van der Waals surface area contributed by atoms with Crippen LogP contribution in [0.1, 0.15) is 17.3 Å². The van der Waals surface area contributed by atoms with Crippen molar-refractivity contribution < 1.29 is 14.3 Å². The van der Waals surface area contributed by atoms with E-state index in [-0.39, 0.29) is 11.8 Å². The van der Waals surface area contributed by atoms with Gasteiger partial charge in [-0.05, 0) is 31.2 Å². The molecule has 0 unspecified atom stereocenters. The average molecular weight is 284 g/mol. The van der Waals surface area contributed by atoms with Crippen molar-refractivity contribution in [2.45, 2.75) is 6.92 Å². The summed E-state index contributed by atoms with van der Waals surface area (Å²) < 4.78 is 5.09. The van der Waals surface area contributed by atoms with Gasteiger partial charge < -0.3 is 15.4 Å². The van der Waals surface area contributed by atoms with E-state index < -0.39 is 0 Å². The fourth-order valence-electron chi connectivity index (χ4n) is 1.81. The number of carbonyl (C=O) groups is 2. The summed E-state index contributed by atoms with van der Waals surface area (Å²) in [6.07, 6.45) is 0. The molecule has 0 saturated heterocycles. The number of urea groups is 1. The summed E-state index contributed by atoms with van der Waals surface area (Å²) >= 11 is 0. The Morgan fingerprint density at radius 1 is 0.952 bits per heavy atom. The molecule has 0 fully saturated rings. The van der Waals surface area contributed by atoms with Gasteiger partial charge in [0.25, 0.3) is 0 Å². The van der Waals surface area contributed by atoms with Crippen LogP contribution < -0.4 is 15.4 Å². The van der Waals surface area contributed by atoms with Gasteiger partial charge >= 0.3 is 6.03 Å². The minimum absolute atomic E-state index is 0.0492. The number of carbonyl (C=O) groups excluding carboxylic acids is 2. The van der Waals surface area contributed by atoms with E-state index in [1.54, 1.807) is 55.6 Å². The maximum atomic E-state index is 11.9. The molecular weight excluding hydrogens is 268 g/mol. The van der Waals surface area contributed by atoms with Crippen LogP contribution in [0.5, 0.6) is 5.75 Å². The highest BCUT2D eigenvalue weighted by molar-refractivity contribution is 6.01. The van der Waals surface area contributed by atoms with Crippen LogP contribution in [0.25, 0.3) is 0 Å². The molecule has 108 valence electrons. The van der Waals surface area contributed by atoms with Crippen molar-refractivity contribution in [3.8, 4) is 5.75 Å². The molecule has 2 rings (SSSR count). The van der Waals surface area contributed by atoms with Crippen molar-refractivity contribution in [2.24, 2.45) is 0 Å². The molecule has 5 heteroatoms. The Morgan fingerprint density at radius 3 is 2.19 bits per heavy atom. The van der Waals surface area contributed by atoms with Gasteiger partial charge in [-0.2, -0.15) is 0 Å². The zero-order valence-corrected chi connectivity index (χ0v) is 11.8. The third-order valence-electron chi connectivity index (χ3n) is 2.85. The SMILES string of the molecule is COc1cccc(NC(=O)Nc2cccc(C(C)=O)c2)c1. The summed E-state index contributed by atoms with van der Waals surface area (Å²) in [4.78, 5) is 23.2. The second kappa shape index (κ2) is 6.56. The van der Waals surface area contributed by atoms with Crippen LogP contribution in [-0.2, 0) is 0 Å². The summed E-state index contributed by atoms with van der Waals surface area (Å²) in [7, 11) is 1.56. The topological polar surface area (TPSA) is 67.4 Å². The molecule has 0 radical (unpaired) electrons. The predicted molar refractivity (Wildman–Crippen MR) is 82.1 cm³/mol. The Hall–Kier alpha value is -2.82. The van der Waals surface area contributed by atoms with Crippen molar-refractivity contribution >= 4 is 23.2 Å². The summed E-state index contributed by atoms with van der Waals surface area (Å²) in [6, 6.07) is 13.4. The van der Waals surface area contributed by atoms with E-state index in [0.717, 1.165) is 0 Å². The molecule has 2 amide bonds. The first kappa shape index (κ1) is 14.6. The van der Waals surface area contributed by atoms with Crippen LogP contribution in [0.15, 0.2) is 48.5 Å². The number of rotatable bonds is 4. The van der Waals surface area contributed by atoms with E-state index in [4.69, 9.17) is 4.74 Å². The third kappa shape index (κ3) is 4.07. The van der Waals surface area contributed by atoms with Crippen molar-refractivity contribution in [2.75, 3.05) is 17.7 Å². The van der Waals surface area contributed by atoms with Gasteiger partial charge in [0.15, 0.2) is 5.78 Å². The monoisotopic (exact) mass is 284 g/mol. The number of Topliss-reactive ketones (excluding diaryl/α,β-unsaturated/α-hetero) is 1. The van der Waals surface area contributed by atoms with Crippen LogP contribution in [0.2, 0.25) is 0 Å². The van der Waals surface area contributed by atoms with Crippen molar-refractivity contribution in [3.05, 3.63) is 54.1 Å². The van der Waals surface area contributed by atoms with Gasteiger partial charge in [-0.25, -0.2) is 4.79 Å². The van der Waals surface area contributed by atoms with E-state index in [9.17, 15) is 9.59 Å². The predicted octanol–water partition coefficient (Wildman–Crippen LogP) is 3.54. The standard InChI is InChI=1S/C16H16N2O3/c1-11(19)12-5-3-6-13(9-12)17-16(20)18-14-7-4-8-15(10-14)21-2/h3-10H,1-2H3,(H2,17,18,20). The highest BCUT2D eigenvalue weighted by Crippen LogP contribution is 2.17. The van der Waals surface area contributed by atoms with Crippen molar-refractivity contribution in [1.82, 2.24) is 0 Å². The molecule has 5 nitrogen and oxygen atoms in total. The summed E-state index contributed by atoms with van der Waals surface area (Å²) in [5.41, 5.74) is 1.73. The van der Waals surface area contributed by atoms with E-state index in [1.165, 1.54) is 6.92 Å². The van der Waals surface area contributed by atoms with Gasteiger partial charge in [0.2, 0.25) is 0 Å². The number of methoxy groups -OCH3 is 1. The van der Waals surface area contributed by atoms with Crippen molar-refractivity contribution in [3.63, 3.8) is 0 Å². The smallest absolute Gasteiger partial charge is 0.323 e. The Bertz CT molecular complexity index is 668. The third-order valence-corrected chi connectivity index (χ3v) is 2.85. The molecule has 0 aliphatic heterocycles. The molecule has 2 aromatic rings. The molecule has 0 saturated carbocycles. The lowest BCUT2D eigenvalue weighted by Crippen LogP contribution is -2.19. The lowest BCUT2D eigenvalue weighted by atomic mass is 10.1. The molecule has 0 heterocycles. The van der Waals surface area contributed by atoms with Crippen molar-refractivity contribution in [1.29, 1.82) is 0 Å². The molecule has 2 aromatic carbocycles. The number of hydrogen-bond acceptors (Lipinski definition) is 3. The first-order valence-electron chi connectivity index (χ1n) is 6.41. The lowest BCUT2D eigenvalue weighted by molar-refractivity contribution is 0.101. The fourth-order valence-corrected chi connectivity index (χ4v) is 1.81. The van der Waals surface area contributed by atoms with E-state index in [1.807, 2.05) is 0 Å². The second-order valence-electron chi connectivity index (χ2n) is 4.45. The molecule has 2 N–H and O–H groups in total.